The van der Waals surface area contributed by atoms with Crippen LogP contribution in [0, 0.1) is 13.8 Å². The molecule has 14 heavy (non-hydrogen) atoms. The lowest BCUT2D eigenvalue weighted by Gasteiger charge is -2.07. The molecule has 76 valence electrons. The average Bonchev–Trinajstić information content (AvgIpc) is 2.10. The van der Waals surface area contributed by atoms with Crippen molar-refractivity contribution in [2.45, 2.75) is 20.3 Å². The lowest BCUT2D eigenvalue weighted by molar-refractivity contribution is 0.329. The summed E-state index contributed by atoms with van der Waals surface area (Å²) in [5.41, 5.74) is 7.87. The Morgan fingerprint density at radius 1 is 1.36 bits per heavy atom. The Hall–Kier alpha value is -1.09. The van der Waals surface area contributed by atoms with Crippen molar-refractivity contribution in [3.8, 4) is 5.75 Å². The molecule has 0 saturated carbocycles. The van der Waals surface area contributed by atoms with Crippen molar-refractivity contribution in [2.75, 3.05) is 6.61 Å². The molecule has 0 spiro atoms. The van der Waals surface area contributed by atoms with E-state index in [4.69, 9.17) is 22.7 Å². The minimum absolute atomic E-state index is 0.494. The third-order valence-electron chi connectivity index (χ3n) is 2.10. The maximum absolute atomic E-state index is 5.49. The van der Waals surface area contributed by atoms with Gasteiger partial charge in [0.2, 0.25) is 0 Å². The van der Waals surface area contributed by atoms with Crippen LogP contribution in [-0.2, 0) is 0 Å². The molecule has 0 aromatic heterocycles. The first kappa shape index (κ1) is 11.0. The molecule has 0 saturated heterocycles. The quantitative estimate of drug-likeness (QED) is 0.773. The number of hydrogen-bond donors (Lipinski definition) is 1. The second-order valence-corrected chi connectivity index (χ2v) is 3.84. The predicted octanol–water partition coefficient (Wildman–Crippen LogP) is 2.36. The first-order valence-corrected chi connectivity index (χ1v) is 4.99. The van der Waals surface area contributed by atoms with Crippen molar-refractivity contribution in [3.05, 3.63) is 29.3 Å². The molecule has 1 rings (SSSR count). The van der Waals surface area contributed by atoms with Gasteiger partial charge in [0.25, 0.3) is 0 Å². The molecule has 3 heteroatoms. The van der Waals surface area contributed by atoms with Gasteiger partial charge in [-0.3, -0.25) is 0 Å². The number of thiocarbonyl (C=S) groups is 1. The van der Waals surface area contributed by atoms with Gasteiger partial charge in [-0.25, -0.2) is 0 Å². The minimum atomic E-state index is 0.494. The Labute approximate surface area is 90.1 Å². The fourth-order valence-corrected chi connectivity index (χ4v) is 1.16. The van der Waals surface area contributed by atoms with E-state index in [2.05, 4.69) is 13.8 Å². The smallest absolute Gasteiger partial charge is 0.119 e. The van der Waals surface area contributed by atoms with Crippen LogP contribution in [0.25, 0.3) is 0 Å². The van der Waals surface area contributed by atoms with Gasteiger partial charge in [0.05, 0.1) is 11.6 Å². The van der Waals surface area contributed by atoms with Crippen molar-refractivity contribution < 1.29 is 4.74 Å². The fourth-order valence-electron chi connectivity index (χ4n) is 1.07. The summed E-state index contributed by atoms with van der Waals surface area (Å²) in [6.07, 6.45) is 0.627. The molecule has 1 aromatic rings. The zero-order valence-corrected chi connectivity index (χ0v) is 9.36. The second-order valence-electron chi connectivity index (χ2n) is 3.31. The number of aryl methyl sites for hydroxylation is 2. The molecule has 2 nitrogen and oxygen atoms in total. The Morgan fingerprint density at radius 2 is 2.07 bits per heavy atom. The molecule has 0 bridgehead atoms. The topological polar surface area (TPSA) is 35.2 Å². The molecule has 0 atom stereocenters. The van der Waals surface area contributed by atoms with Crippen LogP contribution in [0.2, 0.25) is 0 Å². The van der Waals surface area contributed by atoms with E-state index >= 15 is 0 Å². The van der Waals surface area contributed by atoms with Crippen molar-refractivity contribution in [1.29, 1.82) is 0 Å². The van der Waals surface area contributed by atoms with Crippen molar-refractivity contribution >= 4 is 17.2 Å². The van der Waals surface area contributed by atoms with E-state index in [1.165, 1.54) is 11.1 Å². The van der Waals surface area contributed by atoms with Crippen LogP contribution in [0.5, 0.6) is 5.75 Å². The van der Waals surface area contributed by atoms with Crippen molar-refractivity contribution in [1.82, 2.24) is 0 Å². The third-order valence-corrected chi connectivity index (χ3v) is 2.30. The molecular formula is C11H15NOS. The summed E-state index contributed by atoms with van der Waals surface area (Å²) in [5, 5.41) is 0. The number of rotatable bonds is 4. The molecule has 0 fully saturated rings. The maximum atomic E-state index is 5.49. The molecule has 0 amide bonds. The number of nitrogens with two attached hydrogens (primary N) is 1. The molecule has 0 aliphatic heterocycles. The summed E-state index contributed by atoms with van der Waals surface area (Å²) >= 11 is 4.76. The SMILES string of the molecule is Cc1ccc(OCCC(N)=S)cc1C. The standard InChI is InChI=1S/C11H15NOS/c1-8-3-4-10(7-9(8)2)13-6-5-11(12)14/h3-4,7H,5-6H2,1-2H3,(H2,12,14). The molecule has 0 aliphatic carbocycles. The maximum Gasteiger partial charge on any atom is 0.119 e. The van der Waals surface area contributed by atoms with Gasteiger partial charge < -0.3 is 10.5 Å². The monoisotopic (exact) mass is 209 g/mol. The Balaban J connectivity index is 2.51. The van der Waals surface area contributed by atoms with Crippen LogP contribution in [0.4, 0.5) is 0 Å². The summed E-state index contributed by atoms with van der Waals surface area (Å²) in [6, 6.07) is 6.03. The summed E-state index contributed by atoms with van der Waals surface area (Å²) in [4.78, 5) is 0.494. The van der Waals surface area contributed by atoms with E-state index in [9.17, 15) is 0 Å². The van der Waals surface area contributed by atoms with Crippen molar-refractivity contribution in [2.24, 2.45) is 5.73 Å². The van der Waals surface area contributed by atoms with Crippen LogP contribution in [0.1, 0.15) is 17.5 Å². The molecule has 2 N–H and O–H groups in total. The highest BCUT2D eigenvalue weighted by molar-refractivity contribution is 7.80. The van der Waals surface area contributed by atoms with Gasteiger partial charge in [0.1, 0.15) is 5.75 Å². The first-order chi connectivity index (χ1) is 6.59. The lowest BCUT2D eigenvalue weighted by atomic mass is 10.1. The van der Waals surface area contributed by atoms with E-state index in [1.807, 2.05) is 18.2 Å². The molecular weight excluding hydrogens is 194 g/mol. The van der Waals surface area contributed by atoms with Crippen LogP contribution < -0.4 is 10.5 Å². The van der Waals surface area contributed by atoms with Gasteiger partial charge in [-0.2, -0.15) is 0 Å². The molecule has 0 unspecified atom stereocenters. The highest BCUT2D eigenvalue weighted by atomic mass is 32.1. The summed E-state index contributed by atoms with van der Waals surface area (Å²) in [7, 11) is 0. The highest BCUT2D eigenvalue weighted by Crippen LogP contribution is 2.16. The van der Waals surface area contributed by atoms with E-state index < -0.39 is 0 Å². The van der Waals surface area contributed by atoms with E-state index in [0.717, 1.165) is 5.75 Å². The van der Waals surface area contributed by atoms with Gasteiger partial charge in [-0.15, -0.1) is 0 Å². The largest absolute Gasteiger partial charge is 0.493 e. The Morgan fingerprint density at radius 3 is 2.64 bits per heavy atom. The first-order valence-electron chi connectivity index (χ1n) is 4.58. The average molecular weight is 209 g/mol. The van der Waals surface area contributed by atoms with E-state index in [-0.39, 0.29) is 0 Å². The van der Waals surface area contributed by atoms with Crippen LogP contribution in [0.3, 0.4) is 0 Å². The zero-order chi connectivity index (χ0) is 10.6. The highest BCUT2D eigenvalue weighted by Gasteiger charge is 1.97. The lowest BCUT2D eigenvalue weighted by Crippen LogP contribution is -2.12. The van der Waals surface area contributed by atoms with E-state index in [0.29, 0.717) is 18.0 Å². The minimum Gasteiger partial charge on any atom is -0.493 e. The van der Waals surface area contributed by atoms with Crippen molar-refractivity contribution in [3.63, 3.8) is 0 Å². The predicted molar refractivity (Wildman–Crippen MR) is 62.8 cm³/mol. The van der Waals surface area contributed by atoms with Crippen LogP contribution in [0.15, 0.2) is 18.2 Å². The zero-order valence-electron chi connectivity index (χ0n) is 8.54. The van der Waals surface area contributed by atoms with Crippen LogP contribution in [-0.4, -0.2) is 11.6 Å². The van der Waals surface area contributed by atoms with Gasteiger partial charge >= 0.3 is 0 Å². The second kappa shape index (κ2) is 4.96. The van der Waals surface area contributed by atoms with Gasteiger partial charge in [0, 0.05) is 6.42 Å². The molecule has 0 heterocycles. The number of hydrogen-bond acceptors (Lipinski definition) is 2. The van der Waals surface area contributed by atoms with E-state index in [1.54, 1.807) is 0 Å². The Bertz CT molecular complexity index is 336. The summed E-state index contributed by atoms with van der Waals surface area (Å²) in [5.74, 6) is 0.879. The molecule has 0 aliphatic rings. The molecule has 1 aromatic carbocycles. The Kier molecular flexibility index (Phi) is 3.89. The van der Waals surface area contributed by atoms with Gasteiger partial charge in [0.15, 0.2) is 0 Å². The fraction of sp³-hybridized carbons (Fsp3) is 0.364. The summed E-state index contributed by atoms with van der Waals surface area (Å²) < 4.78 is 5.49. The van der Waals surface area contributed by atoms with Gasteiger partial charge in [-0.1, -0.05) is 18.3 Å². The normalized spacial score (nSPS) is 9.86. The number of ether oxygens (including phenoxy) is 1. The molecule has 0 radical (unpaired) electrons. The summed E-state index contributed by atoms with van der Waals surface area (Å²) in [6.45, 7) is 4.70. The van der Waals surface area contributed by atoms with Gasteiger partial charge in [-0.05, 0) is 37.1 Å². The third kappa shape index (κ3) is 3.34. The van der Waals surface area contributed by atoms with Crippen LogP contribution >= 0.6 is 12.2 Å². The number of benzene rings is 1.